The molecule has 5 heteroatoms. The second-order valence-corrected chi connectivity index (χ2v) is 4.60. The van der Waals surface area contributed by atoms with Crippen molar-refractivity contribution in [3.63, 3.8) is 0 Å². The molecule has 11 heavy (non-hydrogen) atoms. The SMILES string of the molecule is CS(=O)(=O)N1CCC[C@@H]1C#N. The number of hydrogen-bond acceptors (Lipinski definition) is 3. The van der Waals surface area contributed by atoms with Crippen LogP contribution in [0.4, 0.5) is 0 Å². The molecule has 1 rings (SSSR count). The lowest BCUT2D eigenvalue weighted by Gasteiger charge is -2.15. The van der Waals surface area contributed by atoms with E-state index in [0.29, 0.717) is 13.0 Å². The molecule has 0 aromatic heterocycles. The zero-order valence-corrected chi connectivity index (χ0v) is 7.13. The Bertz CT molecular complexity index is 277. The van der Waals surface area contributed by atoms with Crippen LogP contribution in [-0.2, 0) is 10.0 Å². The molecule has 0 bridgehead atoms. The van der Waals surface area contributed by atoms with Gasteiger partial charge in [-0.3, -0.25) is 0 Å². The third-order valence-corrected chi connectivity index (χ3v) is 3.07. The molecule has 1 atom stereocenters. The predicted molar refractivity (Wildman–Crippen MR) is 40.2 cm³/mol. The van der Waals surface area contributed by atoms with E-state index in [1.165, 1.54) is 4.31 Å². The maximum Gasteiger partial charge on any atom is 0.212 e. The van der Waals surface area contributed by atoms with Crippen molar-refractivity contribution in [1.29, 1.82) is 5.26 Å². The molecule has 0 aromatic rings. The van der Waals surface area contributed by atoms with Crippen molar-refractivity contribution in [2.75, 3.05) is 12.8 Å². The summed E-state index contributed by atoms with van der Waals surface area (Å²) in [6.07, 6.45) is 2.61. The number of rotatable bonds is 1. The fraction of sp³-hybridized carbons (Fsp3) is 0.833. The minimum atomic E-state index is -3.15. The number of nitrogens with zero attached hydrogens (tertiary/aromatic N) is 2. The number of sulfonamides is 1. The Kier molecular flexibility index (Phi) is 2.16. The van der Waals surface area contributed by atoms with Gasteiger partial charge in [-0.1, -0.05) is 0 Å². The predicted octanol–water partition coefficient (Wildman–Crippen LogP) is -0.0660. The van der Waals surface area contributed by atoms with Crippen LogP contribution in [0.25, 0.3) is 0 Å². The monoisotopic (exact) mass is 174 g/mol. The highest BCUT2D eigenvalue weighted by atomic mass is 32.2. The van der Waals surface area contributed by atoms with Crippen LogP contribution < -0.4 is 0 Å². The maximum absolute atomic E-state index is 11.0. The maximum atomic E-state index is 11.0. The Morgan fingerprint density at radius 1 is 1.64 bits per heavy atom. The van der Waals surface area contributed by atoms with Crippen LogP contribution in [0.1, 0.15) is 12.8 Å². The Morgan fingerprint density at radius 3 is 2.64 bits per heavy atom. The molecule has 1 fully saturated rings. The highest BCUT2D eigenvalue weighted by molar-refractivity contribution is 7.88. The molecule has 0 aliphatic carbocycles. The topological polar surface area (TPSA) is 61.2 Å². The van der Waals surface area contributed by atoms with E-state index in [1.807, 2.05) is 6.07 Å². The van der Waals surface area contributed by atoms with E-state index < -0.39 is 16.1 Å². The summed E-state index contributed by atoms with van der Waals surface area (Å²) < 4.78 is 23.2. The molecule has 62 valence electrons. The Hall–Kier alpha value is -0.600. The van der Waals surface area contributed by atoms with Crippen molar-refractivity contribution < 1.29 is 8.42 Å². The largest absolute Gasteiger partial charge is 0.212 e. The van der Waals surface area contributed by atoms with Crippen molar-refractivity contribution in [3.8, 4) is 6.07 Å². The van der Waals surface area contributed by atoms with Crippen LogP contribution >= 0.6 is 0 Å². The van der Waals surface area contributed by atoms with Crippen molar-refractivity contribution in [2.45, 2.75) is 18.9 Å². The van der Waals surface area contributed by atoms with E-state index in [2.05, 4.69) is 0 Å². The van der Waals surface area contributed by atoms with Gasteiger partial charge >= 0.3 is 0 Å². The molecule has 1 saturated heterocycles. The van der Waals surface area contributed by atoms with Crippen LogP contribution in [0.3, 0.4) is 0 Å². The zero-order valence-electron chi connectivity index (χ0n) is 6.32. The van der Waals surface area contributed by atoms with Crippen LogP contribution in [-0.4, -0.2) is 31.6 Å². The molecule has 1 heterocycles. The van der Waals surface area contributed by atoms with Gasteiger partial charge in [-0.15, -0.1) is 0 Å². The lowest BCUT2D eigenvalue weighted by molar-refractivity contribution is 0.442. The summed E-state index contributed by atoms with van der Waals surface area (Å²) in [4.78, 5) is 0. The van der Waals surface area contributed by atoms with E-state index in [-0.39, 0.29) is 0 Å². The van der Waals surface area contributed by atoms with Crippen LogP contribution in [0.5, 0.6) is 0 Å². The fourth-order valence-electron chi connectivity index (χ4n) is 1.27. The molecular formula is C6H10N2O2S. The first-order chi connectivity index (χ1) is 5.05. The molecule has 1 aliphatic rings. The Morgan fingerprint density at radius 2 is 2.27 bits per heavy atom. The van der Waals surface area contributed by atoms with Gasteiger partial charge in [-0.05, 0) is 12.8 Å². The van der Waals surface area contributed by atoms with Crippen molar-refractivity contribution >= 4 is 10.0 Å². The highest BCUT2D eigenvalue weighted by Crippen LogP contribution is 2.18. The summed E-state index contributed by atoms with van der Waals surface area (Å²) in [5.74, 6) is 0. The Labute approximate surface area is 66.5 Å². The average molecular weight is 174 g/mol. The van der Waals surface area contributed by atoms with Gasteiger partial charge in [0.15, 0.2) is 0 Å². The molecule has 1 aliphatic heterocycles. The summed E-state index contributed by atoms with van der Waals surface area (Å²) in [5.41, 5.74) is 0. The van der Waals surface area contributed by atoms with Gasteiger partial charge in [0.05, 0.1) is 12.3 Å². The summed E-state index contributed by atoms with van der Waals surface area (Å²) >= 11 is 0. The molecule has 0 radical (unpaired) electrons. The second kappa shape index (κ2) is 2.80. The van der Waals surface area contributed by atoms with Crippen molar-refractivity contribution in [1.82, 2.24) is 4.31 Å². The molecule has 0 saturated carbocycles. The molecule has 0 unspecified atom stereocenters. The third kappa shape index (κ3) is 1.70. The van der Waals surface area contributed by atoms with E-state index in [4.69, 9.17) is 5.26 Å². The zero-order chi connectivity index (χ0) is 8.48. The van der Waals surface area contributed by atoms with Crippen LogP contribution in [0.15, 0.2) is 0 Å². The standard InChI is InChI=1S/C6H10N2O2S/c1-11(9,10)8-4-2-3-6(8)5-7/h6H,2-4H2,1H3/t6-/m1/s1. The van der Waals surface area contributed by atoms with Crippen LogP contribution in [0.2, 0.25) is 0 Å². The molecule has 0 aromatic carbocycles. The summed E-state index contributed by atoms with van der Waals surface area (Å²) in [6.45, 7) is 0.497. The summed E-state index contributed by atoms with van der Waals surface area (Å²) in [7, 11) is -3.15. The number of nitriles is 1. The first-order valence-electron chi connectivity index (χ1n) is 3.42. The quantitative estimate of drug-likeness (QED) is 0.559. The highest BCUT2D eigenvalue weighted by Gasteiger charge is 2.30. The molecular weight excluding hydrogens is 164 g/mol. The first kappa shape index (κ1) is 8.50. The lowest BCUT2D eigenvalue weighted by atomic mass is 10.2. The van der Waals surface area contributed by atoms with E-state index in [1.54, 1.807) is 0 Å². The van der Waals surface area contributed by atoms with Gasteiger partial charge < -0.3 is 0 Å². The smallest absolute Gasteiger partial charge is 0.212 e. The summed E-state index contributed by atoms with van der Waals surface area (Å²) in [6, 6.07) is 1.54. The van der Waals surface area contributed by atoms with Gasteiger partial charge in [0.1, 0.15) is 6.04 Å². The van der Waals surface area contributed by atoms with Gasteiger partial charge in [0, 0.05) is 6.54 Å². The van der Waals surface area contributed by atoms with Gasteiger partial charge in [0.25, 0.3) is 0 Å². The van der Waals surface area contributed by atoms with Crippen LogP contribution in [0, 0.1) is 11.3 Å². The fourth-order valence-corrected chi connectivity index (χ4v) is 2.34. The first-order valence-corrected chi connectivity index (χ1v) is 5.27. The van der Waals surface area contributed by atoms with Gasteiger partial charge in [-0.2, -0.15) is 9.57 Å². The van der Waals surface area contributed by atoms with Gasteiger partial charge in [0.2, 0.25) is 10.0 Å². The minimum absolute atomic E-state index is 0.426. The Balaban J connectivity index is 2.83. The summed E-state index contributed by atoms with van der Waals surface area (Å²) in [5, 5.41) is 8.54. The third-order valence-electron chi connectivity index (χ3n) is 1.78. The molecule has 0 amide bonds. The van der Waals surface area contributed by atoms with E-state index in [0.717, 1.165) is 12.7 Å². The molecule has 0 N–H and O–H groups in total. The number of hydrogen-bond donors (Lipinski definition) is 0. The normalized spacial score (nSPS) is 26.7. The second-order valence-electron chi connectivity index (χ2n) is 2.66. The van der Waals surface area contributed by atoms with E-state index in [9.17, 15) is 8.42 Å². The lowest BCUT2D eigenvalue weighted by Crippen LogP contribution is -2.33. The molecule has 4 nitrogen and oxygen atoms in total. The van der Waals surface area contributed by atoms with E-state index >= 15 is 0 Å². The van der Waals surface area contributed by atoms with Gasteiger partial charge in [-0.25, -0.2) is 8.42 Å². The average Bonchev–Trinajstić information content (AvgIpc) is 2.31. The van der Waals surface area contributed by atoms with Crippen molar-refractivity contribution in [3.05, 3.63) is 0 Å². The molecule has 0 spiro atoms. The minimum Gasteiger partial charge on any atom is -0.212 e. The van der Waals surface area contributed by atoms with Crippen molar-refractivity contribution in [2.24, 2.45) is 0 Å².